The summed E-state index contributed by atoms with van der Waals surface area (Å²) in [6.07, 6.45) is 0. The summed E-state index contributed by atoms with van der Waals surface area (Å²) in [5.74, 6) is 0.901. The zero-order valence-electron chi connectivity index (χ0n) is 12.1. The smallest absolute Gasteiger partial charge is 0.124 e. The van der Waals surface area contributed by atoms with Gasteiger partial charge in [0.05, 0.1) is 18.6 Å². The third-order valence-electron chi connectivity index (χ3n) is 3.67. The number of benzene rings is 1. The molecular formula is C15H22N2O. The molecule has 1 rings (SSSR count). The van der Waals surface area contributed by atoms with Crippen molar-refractivity contribution >= 4 is 0 Å². The number of nitrogens with zero attached hydrogens (tertiary/aromatic N) is 1. The minimum atomic E-state index is -0.585. The van der Waals surface area contributed by atoms with Gasteiger partial charge in [-0.3, -0.25) is 0 Å². The van der Waals surface area contributed by atoms with Gasteiger partial charge in [-0.05, 0) is 56.9 Å². The molecule has 0 fully saturated rings. The maximum atomic E-state index is 9.20. The van der Waals surface area contributed by atoms with Crippen LogP contribution < -0.4 is 10.5 Å². The Morgan fingerprint density at radius 3 is 2.28 bits per heavy atom. The lowest BCUT2D eigenvalue weighted by molar-refractivity contribution is 0.388. The lowest BCUT2D eigenvalue weighted by Crippen LogP contribution is -2.28. The number of aryl methyl sites for hydroxylation is 1. The predicted octanol–water partition coefficient (Wildman–Crippen LogP) is 3.17. The highest BCUT2D eigenvalue weighted by molar-refractivity contribution is 5.50. The Bertz CT molecular complexity index is 498. The molecular weight excluding hydrogens is 224 g/mol. The number of nitriles is 1. The van der Waals surface area contributed by atoms with Crippen LogP contribution in [0.3, 0.4) is 0 Å². The van der Waals surface area contributed by atoms with Crippen LogP contribution in [0.25, 0.3) is 0 Å². The monoisotopic (exact) mass is 246 g/mol. The van der Waals surface area contributed by atoms with Gasteiger partial charge in [-0.25, -0.2) is 0 Å². The fourth-order valence-corrected chi connectivity index (χ4v) is 2.19. The number of nitrogens with two attached hydrogens (primary N) is 1. The molecule has 0 aromatic heterocycles. The normalized spacial score (nSPS) is 13.0. The molecule has 3 nitrogen and oxygen atoms in total. The van der Waals surface area contributed by atoms with Crippen molar-refractivity contribution in [2.75, 3.05) is 7.11 Å². The number of hydrogen-bond donors (Lipinski definition) is 1. The second-order valence-electron chi connectivity index (χ2n) is 5.38. The highest BCUT2D eigenvalue weighted by Gasteiger charge is 2.29. The van der Waals surface area contributed by atoms with Gasteiger partial charge in [0.25, 0.3) is 0 Å². The Morgan fingerprint density at radius 2 is 1.83 bits per heavy atom. The van der Waals surface area contributed by atoms with Crippen LogP contribution in [0.15, 0.2) is 6.07 Å². The van der Waals surface area contributed by atoms with Crippen LogP contribution in [0.5, 0.6) is 5.75 Å². The van der Waals surface area contributed by atoms with Crippen LogP contribution in [-0.2, 0) is 0 Å². The molecule has 0 radical (unpaired) electrons. The van der Waals surface area contributed by atoms with Crippen LogP contribution in [0.2, 0.25) is 0 Å². The summed E-state index contributed by atoms with van der Waals surface area (Å²) >= 11 is 0. The van der Waals surface area contributed by atoms with Gasteiger partial charge in [0.1, 0.15) is 5.75 Å². The topological polar surface area (TPSA) is 59.0 Å². The summed E-state index contributed by atoms with van der Waals surface area (Å²) in [6.45, 7) is 9.79. The van der Waals surface area contributed by atoms with Crippen molar-refractivity contribution in [1.82, 2.24) is 0 Å². The van der Waals surface area contributed by atoms with E-state index in [9.17, 15) is 5.26 Å². The van der Waals surface area contributed by atoms with E-state index in [1.54, 1.807) is 7.11 Å². The van der Waals surface area contributed by atoms with E-state index >= 15 is 0 Å². The van der Waals surface area contributed by atoms with Crippen LogP contribution in [-0.4, -0.2) is 7.11 Å². The van der Waals surface area contributed by atoms with E-state index in [0.717, 1.165) is 28.0 Å². The van der Waals surface area contributed by atoms with Crippen molar-refractivity contribution in [2.24, 2.45) is 11.1 Å². The SMILES string of the molecule is COc1c(C)cc(C(N)C(C)(C)C#N)c(C)c1C. The molecule has 3 heteroatoms. The first kappa shape index (κ1) is 14.5. The minimum absolute atomic E-state index is 0.300. The lowest BCUT2D eigenvalue weighted by atomic mass is 9.79. The van der Waals surface area contributed by atoms with Crippen LogP contribution in [0, 0.1) is 37.5 Å². The second kappa shape index (κ2) is 4.99. The summed E-state index contributed by atoms with van der Waals surface area (Å²) in [5.41, 5.74) is 9.94. The van der Waals surface area contributed by atoms with Gasteiger partial charge in [0, 0.05) is 6.04 Å². The number of rotatable bonds is 3. The molecule has 1 aromatic rings. The van der Waals surface area contributed by atoms with Crippen molar-refractivity contribution < 1.29 is 4.74 Å². The van der Waals surface area contributed by atoms with Gasteiger partial charge in [0.2, 0.25) is 0 Å². The number of methoxy groups -OCH3 is 1. The molecule has 1 aromatic carbocycles. The quantitative estimate of drug-likeness (QED) is 0.891. The maximum Gasteiger partial charge on any atom is 0.124 e. The molecule has 18 heavy (non-hydrogen) atoms. The van der Waals surface area contributed by atoms with E-state index in [1.165, 1.54) is 0 Å². The van der Waals surface area contributed by atoms with E-state index in [0.29, 0.717) is 0 Å². The average Bonchev–Trinajstić information content (AvgIpc) is 2.33. The van der Waals surface area contributed by atoms with E-state index in [2.05, 4.69) is 6.07 Å². The molecule has 0 bridgehead atoms. The third-order valence-corrected chi connectivity index (χ3v) is 3.67. The van der Waals surface area contributed by atoms with Gasteiger partial charge in [-0.2, -0.15) is 5.26 Å². The predicted molar refractivity (Wildman–Crippen MR) is 73.5 cm³/mol. The fourth-order valence-electron chi connectivity index (χ4n) is 2.19. The summed E-state index contributed by atoms with van der Waals surface area (Å²) < 4.78 is 5.40. The number of hydrogen-bond acceptors (Lipinski definition) is 3. The molecule has 1 unspecified atom stereocenters. The van der Waals surface area contributed by atoms with Crippen molar-refractivity contribution in [3.8, 4) is 11.8 Å². The minimum Gasteiger partial charge on any atom is -0.496 e. The van der Waals surface area contributed by atoms with E-state index in [1.807, 2.05) is 40.7 Å². The molecule has 0 heterocycles. The van der Waals surface area contributed by atoms with Gasteiger partial charge < -0.3 is 10.5 Å². The molecule has 2 N–H and O–H groups in total. The largest absolute Gasteiger partial charge is 0.496 e. The second-order valence-corrected chi connectivity index (χ2v) is 5.38. The van der Waals surface area contributed by atoms with Crippen LogP contribution in [0.4, 0.5) is 0 Å². The van der Waals surface area contributed by atoms with Gasteiger partial charge in [0.15, 0.2) is 0 Å². The van der Waals surface area contributed by atoms with Crippen molar-refractivity contribution in [3.63, 3.8) is 0 Å². The zero-order valence-corrected chi connectivity index (χ0v) is 12.1. The average molecular weight is 246 g/mol. The third kappa shape index (κ3) is 2.34. The van der Waals surface area contributed by atoms with Crippen LogP contribution >= 0.6 is 0 Å². The first-order valence-corrected chi connectivity index (χ1v) is 6.07. The lowest BCUT2D eigenvalue weighted by Gasteiger charge is -2.27. The van der Waals surface area contributed by atoms with Crippen molar-refractivity contribution in [2.45, 2.75) is 40.7 Å². The summed E-state index contributed by atoms with van der Waals surface area (Å²) in [4.78, 5) is 0. The van der Waals surface area contributed by atoms with Crippen molar-refractivity contribution in [3.05, 3.63) is 28.3 Å². The molecule has 0 spiro atoms. The Kier molecular flexibility index (Phi) is 4.03. The van der Waals surface area contributed by atoms with Crippen molar-refractivity contribution in [1.29, 1.82) is 5.26 Å². The Morgan fingerprint density at radius 1 is 1.28 bits per heavy atom. The highest BCUT2D eigenvalue weighted by atomic mass is 16.5. The summed E-state index contributed by atoms with van der Waals surface area (Å²) in [7, 11) is 1.67. The summed E-state index contributed by atoms with van der Waals surface area (Å²) in [5, 5.41) is 9.20. The maximum absolute atomic E-state index is 9.20. The molecule has 0 aliphatic carbocycles. The van der Waals surface area contributed by atoms with E-state index in [4.69, 9.17) is 10.5 Å². The molecule has 0 aliphatic rings. The molecule has 0 amide bonds. The Labute approximate surface area is 110 Å². The molecule has 98 valence electrons. The van der Waals surface area contributed by atoms with Gasteiger partial charge >= 0.3 is 0 Å². The summed E-state index contributed by atoms with van der Waals surface area (Å²) in [6, 6.07) is 4.01. The first-order chi connectivity index (χ1) is 8.26. The highest BCUT2D eigenvalue weighted by Crippen LogP contribution is 2.37. The molecule has 0 aliphatic heterocycles. The van der Waals surface area contributed by atoms with Gasteiger partial charge in [-0.1, -0.05) is 6.07 Å². The molecule has 1 atom stereocenters. The molecule has 0 saturated carbocycles. The molecule has 0 saturated heterocycles. The standard InChI is InChI=1S/C15H22N2O/c1-9-7-12(14(17)15(4,5)8-16)10(2)11(3)13(9)18-6/h7,14H,17H2,1-6H3. The van der Waals surface area contributed by atoms with E-state index < -0.39 is 5.41 Å². The first-order valence-electron chi connectivity index (χ1n) is 6.07. The Balaban J connectivity index is 3.41. The van der Waals surface area contributed by atoms with Crippen LogP contribution in [0.1, 0.15) is 42.1 Å². The zero-order chi connectivity index (χ0) is 14.1. The Hall–Kier alpha value is -1.53. The number of ether oxygens (including phenoxy) is 1. The van der Waals surface area contributed by atoms with E-state index in [-0.39, 0.29) is 6.04 Å². The van der Waals surface area contributed by atoms with Gasteiger partial charge in [-0.15, -0.1) is 0 Å². The fraction of sp³-hybridized carbons (Fsp3) is 0.533.